The van der Waals surface area contributed by atoms with Crippen molar-refractivity contribution >= 4 is 11.4 Å². The van der Waals surface area contributed by atoms with Crippen LogP contribution in [0.2, 0.25) is 0 Å². The Morgan fingerprint density at radius 3 is 2.56 bits per heavy atom. The van der Waals surface area contributed by atoms with Crippen LogP contribution in [0.5, 0.6) is 0 Å². The van der Waals surface area contributed by atoms with Gasteiger partial charge in [-0.1, -0.05) is 6.07 Å². The van der Waals surface area contributed by atoms with E-state index in [4.69, 9.17) is 10.5 Å². The molecule has 1 N–H and O–H groups in total. The number of nitrogens with one attached hydrogen (secondary N) is 1. The molecule has 0 amide bonds. The third kappa shape index (κ3) is 2.26. The molecule has 18 heavy (non-hydrogen) atoms. The van der Waals surface area contributed by atoms with E-state index in [-0.39, 0.29) is 5.56 Å². The smallest absolute Gasteiger partial charge is 0.143 e. The molecule has 1 heterocycles. The van der Waals surface area contributed by atoms with Crippen molar-refractivity contribution in [3.05, 3.63) is 53.6 Å². The van der Waals surface area contributed by atoms with Crippen molar-refractivity contribution in [3.63, 3.8) is 0 Å². The zero-order valence-corrected chi connectivity index (χ0v) is 9.18. The summed E-state index contributed by atoms with van der Waals surface area (Å²) in [4.78, 5) is 3.87. The lowest BCUT2D eigenvalue weighted by Crippen LogP contribution is -1.96. The number of rotatable bonds is 2. The Morgan fingerprint density at radius 2 is 1.94 bits per heavy atom. The molecule has 4 nitrogen and oxygen atoms in total. The van der Waals surface area contributed by atoms with E-state index in [2.05, 4.69) is 10.3 Å². The number of hydrogen-bond donors (Lipinski definition) is 1. The lowest BCUT2D eigenvalue weighted by Gasteiger charge is -2.07. The van der Waals surface area contributed by atoms with E-state index >= 15 is 0 Å². The molecule has 2 rings (SSSR count). The van der Waals surface area contributed by atoms with Gasteiger partial charge in [0, 0.05) is 0 Å². The molecule has 0 fully saturated rings. The van der Waals surface area contributed by atoms with Crippen molar-refractivity contribution in [1.82, 2.24) is 4.98 Å². The second-order valence-electron chi connectivity index (χ2n) is 3.44. The molecule has 0 unspecified atom stereocenters. The number of aromatic nitrogens is 1. The second kappa shape index (κ2) is 4.94. The van der Waals surface area contributed by atoms with Crippen molar-refractivity contribution in [2.45, 2.75) is 0 Å². The monoisotopic (exact) mass is 238 g/mol. The van der Waals surface area contributed by atoms with Crippen molar-refractivity contribution in [3.8, 4) is 12.1 Å². The molecule has 0 saturated heterocycles. The minimum Gasteiger partial charge on any atom is -0.353 e. The first-order valence-corrected chi connectivity index (χ1v) is 5.06. The molecule has 1 aromatic carbocycles. The topological polar surface area (TPSA) is 72.5 Å². The van der Waals surface area contributed by atoms with Gasteiger partial charge < -0.3 is 5.32 Å². The average molecular weight is 238 g/mol. The zero-order valence-electron chi connectivity index (χ0n) is 9.18. The summed E-state index contributed by atoms with van der Waals surface area (Å²) in [7, 11) is 0. The molecule has 0 atom stereocenters. The van der Waals surface area contributed by atoms with Gasteiger partial charge in [0.1, 0.15) is 29.2 Å². The molecule has 0 aliphatic rings. The molecular weight excluding hydrogens is 231 g/mol. The van der Waals surface area contributed by atoms with E-state index in [0.717, 1.165) is 0 Å². The van der Waals surface area contributed by atoms with E-state index in [1.807, 2.05) is 6.07 Å². The fraction of sp³-hybridized carbons (Fsp3) is 0. The minimum absolute atomic E-state index is 0.0538. The highest BCUT2D eigenvalue weighted by atomic mass is 19.1. The van der Waals surface area contributed by atoms with Crippen molar-refractivity contribution in [2.24, 2.45) is 0 Å². The maximum atomic E-state index is 13.4. The van der Waals surface area contributed by atoms with Crippen LogP contribution in [-0.2, 0) is 0 Å². The maximum Gasteiger partial charge on any atom is 0.143 e. The summed E-state index contributed by atoms with van der Waals surface area (Å²) in [6.07, 6.45) is 1.45. The van der Waals surface area contributed by atoms with Crippen LogP contribution in [0.4, 0.5) is 15.8 Å². The summed E-state index contributed by atoms with van der Waals surface area (Å²) in [6, 6.07) is 11.2. The second-order valence-corrected chi connectivity index (χ2v) is 3.44. The van der Waals surface area contributed by atoms with Crippen LogP contribution in [0.3, 0.4) is 0 Å². The van der Waals surface area contributed by atoms with Crippen LogP contribution in [0.15, 0.2) is 36.5 Å². The van der Waals surface area contributed by atoms with Gasteiger partial charge in [0.25, 0.3) is 0 Å². The lowest BCUT2D eigenvalue weighted by molar-refractivity contribution is 0.624. The molecule has 0 aliphatic carbocycles. The van der Waals surface area contributed by atoms with Gasteiger partial charge in [-0.05, 0) is 24.3 Å². The van der Waals surface area contributed by atoms with Crippen LogP contribution in [0, 0.1) is 28.5 Å². The van der Waals surface area contributed by atoms with Gasteiger partial charge in [0.15, 0.2) is 0 Å². The summed E-state index contributed by atoms with van der Waals surface area (Å²) in [5.74, 6) is -0.580. The van der Waals surface area contributed by atoms with Crippen LogP contribution < -0.4 is 5.32 Å². The summed E-state index contributed by atoms with van der Waals surface area (Å²) < 4.78 is 13.4. The van der Waals surface area contributed by atoms with Gasteiger partial charge in [-0.3, -0.25) is 0 Å². The van der Waals surface area contributed by atoms with Gasteiger partial charge in [0.2, 0.25) is 0 Å². The average Bonchev–Trinajstić information content (AvgIpc) is 2.40. The molecule has 0 saturated carbocycles. The molecule has 86 valence electrons. The largest absolute Gasteiger partial charge is 0.353 e. The summed E-state index contributed by atoms with van der Waals surface area (Å²) in [5.41, 5.74) is 1.18. The highest BCUT2D eigenvalue weighted by molar-refractivity contribution is 5.66. The Labute approximate surface area is 103 Å². The van der Waals surface area contributed by atoms with E-state index < -0.39 is 5.82 Å². The van der Waals surface area contributed by atoms with Gasteiger partial charge in [-0.15, -0.1) is 0 Å². The Morgan fingerprint density at radius 1 is 1.11 bits per heavy atom. The molecule has 2 aromatic rings. The van der Waals surface area contributed by atoms with E-state index in [9.17, 15) is 4.39 Å². The number of nitriles is 2. The Kier molecular flexibility index (Phi) is 3.17. The third-order valence-corrected chi connectivity index (χ3v) is 2.28. The van der Waals surface area contributed by atoms with Crippen LogP contribution in [-0.4, -0.2) is 4.98 Å². The normalized spacial score (nSPS) is 9.28. The molecule has 1 aromatic heterocycles. The summed E-state index contributed by atoms with van der Waals surface area (Å²) in [6.45, 7) is 0. The Balaban J connectivity index is 2.32. The predicted molar refractivity (Wildman–Crippen MR) is 63.3 cm³/mol. The van der Waals surface area contributed by atoms with E-state index in [1.54, 1.807) is 18.2 Å². The predicted octanol–water partition coefficient (Wildman–Crippen LogP) is 2.71. The first kappa shape index (κ1) is 11.6. The van der Waals surface area contributed by atoms with Crippen LogP contribution in [0.1, 0.15) is 11.3 Å². The standard InChI is InChI=1S/C13H7FN4/c14-12-2-1-3-13(11(12)7-16)18-10-5-4-9(6-15)17-8-10/h1-5,8,18H. The van der Waals surface area contributed by atoms with Crippen LogP contribution in [0.25, 0.3) is 0 Å². The van der Waals surface area contributed by atoms with Gasteiger partial charge in [-0.25, -0.2) is 9.37 Å². The SMILES string of the molecule is N#Cc1ccc(Nc2cccc(F)c2C#N)cn1. The number of nitrogens with zero attached hydrogens (tertiary/aromatic N) is 3. The summed E-state index contributed by atoms with van der Waals surface area (Å²) in [5, 5.41) is 20.4. The number of pyridine rings is 1. The molecular formula is C13H7FN4. The fourth-order valence-electron chi connectivity index (χ4n) is 1.43. The van der Waals surface area contributed by atoms with Crippen LogP contribution >= 0.6 is 0 Å². The first-order chi connectivity index (χ1) is 8.74. The highest BCUT2D eigenvalue weighted by Crippen LogP contribution is 2.22. The fourth-order valence-corrected chi connectivity index (χ4v) is 1.43. The minimum atomic E-state index is -0.580. The van der Waals surface area contributed by atoms with E-state index in [1.165, 1.54) is 24.4 Å². The quantitative estimate of drug-likeness (QED) is 0.872. The lowest BCUT2D eigenvalue weighted by atomic mass is 10.2. The first-order valence-electron chi connectivity index (χ1n) is 5.06. The maximum absolute atomic E-state index is 13.4. The third-order valence-electron chi connectivity index (χ3n) is 2.28. The molecule has 5 heteroatoms. The number of hydrogen-bond acceptors (Lipinski definition) is 4. The highest BCUT2D eigenvalue weighted by Gasteiger charge is 2.07. The Bertz CT molecular complexity index is 650. The molecule has 0 bridgehead atoms. The molecule has 0 spiro atoms. The molecule has 0 aliphatic heterocycles. The van der Waals surface area contributed by atoms with Crippen molar-refractivity contribution in [2.75, 3.05) is 5.32 Å². The van der Waals surface area contributed by atoms with Crippen molar-refractivity contribution < 1.29 is 4.39 Å². The summed E-state index contributed by atoms with van der Waals surface area (Å²) >= 11 is 0. The number of benzene rings is 1. The van der Waals surface area contributed by atoms with Gasteiger partial charge in [-0.2, -0.15) is 10.5 Å². The van der Waals surface area contributed by atoms with Crippen molar-refractivity contribution in [1.29, 1.82) is 10.5 Å². The zero-order chi connectivity index (χ0) is 13.0. The number of anilines is 2. The van der Waals surface area contributed by atoms with Gasteiger partial charge >= 0.3 is 0 Å². The van der Waals surface area contributed by atoms with E-state index in [0.29, 0.717) is 17.1 Å². The Hall–Kier alpha value is -2.92. The van der Waals surface area contributed by atoms with Gasteiger partial charge in [0.05, 0.1) is 17.6 Å². The molecule has 0 radical (unpaired) electrons. The number of halogens is 1.